The molecule has 2 aromatic rings. The Labute approximate surface area is 148 Å². The molecule has 0 unspecified atom stereocenters. The van der Waals surface area contributed by atoms with Gasteiger partial charge in [-0.25, -0.2) is 4.79 Å². The van der Waals surface area contributed by atoms with Gasteiger partial charge in [-0.1, -0.05) is 46.3 Å². The van der Waals surface area contributed by atoms with E-state index in [1.54, 1.807) is 0 Å². The summed E-state index contributed by atoms with van der Waals surface area (Å²) < 4.78 is 6.39. The third-order valence-electron chi connectivity index (χ3n) is 4.12. The summed E-state index contributed by atoms with van der Waals surface area (Å²) in [4.78, 5) is 23.0. The van der Waals surface area contributed by atoms with E-state index in [0.717, 1.165) is 20.8 Å². The highest BCUT2D eigenvalue weighted by Gasteiger charge is 2.22. The number of allylic oxidation sites excluding steroid dienone is 2. The van der Waals surface area contributed by atoms with Crippen LogP contribution in [0, 0.1) is 0 Å². The molecule has 24 heavy (non-hydrogen) atoms. The molecule has 0 atom stereocenters. The minimum Gasteiger partial charge on any atom is -0.486 e. The Morgan fingerprint density at radius 3 is 2.83 bits per heavy atom. The molecule has 0 radical (unpaired) electrons. The Kier molecular flexibility index (Phi) is 5.00. The van der Waals surface area contributed by atoms with E-state index in [1.165, 1.54) is 0 Å². The predicted octanol–water partition coefficient (Wildman–Crippen LogP) is 4.25. The Morgan fingerprint density at radius 2 is 2.04 bits per heavy atom. The van der Waals surface area contributed by atoms with E-state index in [9.17, 15) is 9.59 Å². The number of carbonyl (C=O) groups excluding carboxylic acids is 1. The number of ketones is 1. The normalized spacial score (nSPS) is 15.0. The van der Waals surface area contributed by atoms with E-state index >= 15 is 0 Å². The van der Waals surface area contributed by atoms with Crippen LogP contribution in [-0.4, -0.2) is 23.5 Å². The quantitative estimate of drug-likeness (QED) is 0.831. The van der Waals surface area contributed by atoms with Gasteiger partial charge >= 0.3 is 5.97 Å². The fourth-order valence-electron chi connectivity index (χ4n) is 2.98. The number of ether oxygens (including phenoxy) is 1. The maximum Gasteiger partial charge on any atom is 0.341 e. The zero-order chi connectivity index (χ0) is 17.1. The second-order valence-corrected chi connectivity index (χ2v) is 6.69. The Morgan fingerprint density at radius 1 is 1.21 bits per heavy atom. The van der Waals surface area contributed by atoms with Gasteiger partial charge in [0.1, 0.15) is 5.76 Å². The standard InChI is InChI=1S/C19H17BrO4/c20-16-4-1-3-13-9-12(7-8-14(13)16)10-15-17(21)5-2-6-18(15)24-11-19(22)23/h1,3-4,7-9H,2,5-6,10-11H2,(H,22,23). The van der Waals surface area contributed by atoms with Crippen molar-refractivity contribution < 1.29 is 19.4 Å². The molecule has 0 heterocycles. The summed E-state index contributed by atoms with van der Waals surface area (Å²) in [6.45, 7) is -0.406. The molecule has 5 heteroatoms. The van der Waals surface area contributed by atoms with Crippen LogP contribution >= 0.6 is 15.9 Å². The Bertz CT molecular complexity index is 838. The molecule has 0 bridgehead atoms. The molecule has 3 rings (SSSR count). The molecule has 0 saturated carbocycles. The van der Waals surface area contributed by atoms with Crippen molar-refractivity contribution in [2.75, 3.05) is 6.61 Å². The van der Waals surface area contributed by atoms with Gasteiger partial charge in [-0.15, -0.1) is 0 Å². The highest BCUT2D eigenvalue weighted by Crippen LogP contribution is 2.29. The van der Waals surface area contributed by atoms with Crippen LogP contribution in [0.2, 0.25) is 0 Å². The summed E-state index contributed by atoms with van der Waals surface area (Å²) in [5.74, 6) is -0.450. The van der Waals surface area contributed by atoms with Crippen LogP contribution in [0.4, 0.5) is 0 Å². The van der Waals surface area contributed by atoms with Gasteiger partial charge in [-0.3, -0.25) is 4.79 Å². The lowest BCUT2D eigenvalue weighted by Crippen LogP contribution is -2.17. The molecule has 124 valence electrons. The van der Waals surface area contributed by atoms with Crippen LogP contribution in [-0.2, 0) is 20.7 Å². The van der Waals surface area contributed by atoms with Crippen molar-refractivity contribution >= 4 is 38.5 Å². The number of carboxylic acid groups (broad SMARTS) is 1. The molecular formula is C19H17BrO4. The molecule has 0 spiro atoms. The van der Waals surface area contributed by atoms with Crippen molar-refractivity contribution in [3.63, 3.8) is 0 Å². The zero-order valence-corrected chi connectivity index (χ0v) is 14.6. The third kappa shape index (κ3) is 3.67. The smallest absolute Gasteiger partial charge is 0.341 e. The third-order valence-corrected chi connectivity index (χ3v) is 4.81. The lowest BCUT2D eigenvalue weighted by atomic mass is 9.91. The van der Waals surface area contributed by atoms with Gasteiger partial charge < -0.3 is 9.84 Å². The van der Waals surface area contributed by atoms with E-state index in [2.05, 4.69) is 22.0 Å². The first-order valence-electron chi connectivity index (χ1n) is 7.81. The SMILES string of the molecule is O=C(O)COC1=C(Cc2ccc3c(Br)cccc3c2)C(=O)CCC1. The first-order chi connectivity index (χ1) is 11.5. The number of hydrogen-bond acceptors (Lipinski definition) is 3. The first-order valence-corrected chi connectivity index (χ1v) is 8.61. The van der Waals surface area contributed by atoms with Crippen molar-refractivity contribution in [3.05, 3.63) is 57.8 Å². The lowest BCUT2D eigenvalue weighted by Gasteiger charge is -2.19. The van der Waals surface area contributed by atoms with Crippen molar-refractivity contribution in [2.45, 2.75) is 25.7 Å². The van der Waals surface area contributed by atoms with E-state index < -0.39 is 12.6 Å². The van der Waals surface area contributed by atoms with Gasteiger partial charge in [0.05, 0.1) is 0 Å². The summed E-state index contributed by atoms with van der Waals surface area (Å²) in [5.41, 5.74) is 1.62. The monoisotopic (exact) mass is 388 g/mol. The lowest BCUT2D eigenvalue weighted by molar-refractivity contribution is -0.141. The van der Waals surface area contributed by atoms with E-state index in [-0.39, 0.29) is 5.78 Å². The van der Waals surface area contributed by atoms with Crippen molar-refractivity contribution in [2.24, 2.45) is 0 Å². The van der Waals surface area contributed by atoms with Gasteiger partial charge in [-0.2, -0.15) is 0 Å². The first kappa shape index (κ1) is 16.7. The van der Waals surface area contributed by atoms with Gasteiger partial charge in [0.2, 0.25) is 0 Å². The summed E-state index contributed by atoms with van der Waals surface area (Å²) >= 11 is 3.53. The number of rotatable bonds is 5. The molecular weight excluding hydrogens is 372 g/mol. The largest absolute Gasteiger partial charge is 0.486 e. The summed E-state index contributed by atoms with van der Waals surface area (Å²) in [6.07, 6.45) is 2.29. The number of halogens is 1. The second-order valence-electron chi connectivity index (χ2n) is 5.83. The summed E-state index contributed by atoms with van der Waals surface area (Å²) in [6, 6.07) is 12.1. The Balaban J connectivity index is 1.91. The van der Waals surface area contributed by atoms with Crippen LogP contribution in [0.25, 0.3) is 10.8 Å². The van der Waals surface area contributed by atoms with E-state index in [0.29, 0.717) is 37.0 Å². The van der Waals surface area contributed by atoms with Crippen LogP contribution in [0.5, 0.6) is 0 Å². The van der Waals surface area contributed by atoms with Crippen LogP contribution < -0.4 is 0 Å². The maximum absolute atomic E-state index is 12.3. The molecule has 0 aliphatic heterocycles. The second kappa shape index (κ2) is 7.18. The molecule has 0 aromatic heterocycles. The molecule has 0 fully saturated rings. The molecule has 1 N–H and O–H groups in total. The average molecular weight is 389 g/mol. The topological polar surface area (TPSA) is 63.6 Å². The summed E-state index contributed by atoms with van der Waals surface area (Å²) in [7, 11) is 0. The van der Waals surface area contributed by atoms with Crippen molar-refractivity contribution in [1.82, 2.24) is 0 Å². The molecule has 1 aliphatic carbocycles. The highest BCUT2D eigenvalue weighted by atomic mass is 79.9. The zero-order valence-electron chi connectivity index (χ0n) is 13.0. The van der Waals surface area contributed by atoms with Crippen LogP contribution in [0.3, 0.4) is 0 Å². The number of carboxylic acids is 1. The molecule has 1 aliphatic rings. The number of hydrogen-bond donors (Lipinski definition) is 1. The number of aliphatic carboxylic acids is 1. The van der Waals surface area contributed by atoms with Crippen molar-refractivity contribution in [3.8, 4) is 0 Å². The van der Waals surface area contributed by atoms with E-state index in [4.69, 9.17) is 9.84 Å². The van der Waals surface area contributed by atoms with Crippen LogP contribution in [0.15, 0.2) is 52.2 Å². The van der Waals surface area contributed by atoms with Gasteiger partial charge in [0.15, 0.2) is 12.4 Å². The molecule has 0 amide bonds. The molecule has 0 saturated heterocycles. The van der Waals surface area contributed by atoms with Gasteiger partial charge in [0, 0.05) is 29.3 Å². The predicted molar refractivity (Wildman–Crippen MR) is 94.8 cm³/mol. The number of carbonyl (C=O) groups is 2. The molecule has 4 nitrogen and oxygen atoms in total. The minimum absolute atomic E-state index is 0.0518. The Hall–Kier alpha value is -2.14. The van der Waals surface area contributed by atoms with E-state index in [1.807, 2.05) is 30.3 Å². The number of fused-ring (bicyclic) bond motifs is 1. The number of Topliss-reactive ketones (excluding diaryl/α,β-unsaturated/α-hetero) is 1. The van der Waals surface area contributed by atoms with Gasteiger partial charge in [0.25, 0.3) is 0 Å². The van der Waals surface area contributed by atoms with Gasteiger partial charge in [-0.05, 0) is 28.8 Å². The number of benzene rings is 2. The minimum atomic E-state index is -1.03. The summed E-state index contributed by atoms with van der Waals surface area (Å²) in [5, 5.41) is 11.0. The fourth-order valence-corrected chi connectivity index (χ4v) is 3.49. The van der Waals surface area contributed by atoms with Crippen LogP contribution in [0.1, 0.15) is 24.8 Å². The molecule has 2 aromatic carbocycles. The highest BCUT2D eigenvalue weighted by molar-refractivity contribution is 9.10. The fraction of sp³-hybridized carbons (Fsp3) is 0.263. The van der Waals surface area contributed by atoms with Crippen molar-refractivity contribution in [1.29, 1.82) is 0 Å². The maximum atomic E-state index is 12.3. The average Bonchev–Trinajstić information content (AvgIpc) is 2.55.